The zero-order chi connectivity index (χ0) is 13.1. The highest BCUT2D eigenvalue weighted by atomic mass is 15.2. The maximum absolute atomic E-state index is 6.38. The van der Waals surface area contributed by atoms with Crippen molar-refractivity contribution in [1.82, 2.24) is 4.90 Å². The molecule has 1 saturated heterocycles. The van der Waals surface area contributed by atoms with Gasteiger partial charge in [0.1, 0.15) is 0 Å². The highest BCUT2D eigenvalue weighted by Crippen LogP contribution is 2.32. The minimum atomic E-state index is 0.434. The van der Waals surface area contributed by atoms with Crippen LogP contribution in [0.15, 0.2) is 0 Å². The summed E-state index contributed by atoms with van der Waals surface area (Å²) in [5, 5.41) is 0. The van der Waals surface area contributed by atoms with Gasteiger partial charge >= 0.3 is 0 Å². The molecule has 1 heterocycles. The number of hydrogen-bond acceptors (Lipinski definition) is 2. The summed E-state index contributed by atoms with van der Waals surface area (Å²) < 4.78 is 0. The Balaban J connectivity index is 1.87. The molecule has 2 heteroatoms. The second kappa shape index (κ2) is 6.38. The van der Waals surface area contributed by atoms with Crippen molar-refractivity contribution in [3.8, 4) is 0 Å². The van der Waals surface area contributed by atoms with Gasteiger partial charge in [0.2, 0.25) is 0 Å². The van der Waals surface area contributed by atoms with Crippen LogP contribution in [0.4, 0.5) is 0 Å². The molecule has 1 aliphatic carbocycles. The van der Waals surface area contributed by atoms with Crippen molar-refractivity contribution >= 4 is 0 Å². The van der Waals surface area contributed by atoms with Crippen molar-refractivity contribution in [2.75, 3.05) is 13.1 Å². The quantitative estimate of drug-likeness (QED) is 0.835. The molecule has 2 nitrogen and oxygen atoms in total. The topological polar surface area (TPSA) is 29.3 Å². The Labute approximate surface area is 113 Å². The van der Waals surface area contributed by atoms with E-state index in [0.717, 1.165) is 17.8 Å². The minimum Gasteiger partial charge on any atom is -0.326 e. The summed E-state index contributed by atoms with van der Waals surface area (Å²) in [6.07, 6.45) is 8.06. The van der Waals surface area contributed by atoms with Gasteiger partial charge in [-0.3, -0.25) is 4.90 Å². The Bertz CT molecular complexity index is 243. The first-order valence-electron chi connectivity index (χ1n) is 8.11. The smallest absolute Gasteiger partial charge is 0.0249 e. The summed E-state index contributed by atoms with van der Waals surface area (Å²) in [6, 6.07) is 1.11. The Kier molecular flexibility index (Phi) is 5.08. The van der Waals surface area contributed by atoms with Gasteiger partial charge in [0.05, 0.1) is 0 Å². The molecule has 0 spiro atoms. The second-order valence-corrected chi connectivity index (χ2v) is 6.94. The Morgan fingerprint density at radius 3 is 2.33 bits per heavy atom. The van der Waals surface area contributed by atoms with Crippen molar-refractivity contribution in [1.29, 1.82) is 0 Å². The summed E-state index contributed by atoms with van der Waals surface area (Å²) in [7, 11) is 0. The Hall–Kier alpha value is -0.0800. The molecule has 0 radical (unpaired) electrons. The van der Waals surface area contributed by atoms with Crippen LogP contribution in [0.3, 0.4) is 0 Å². The molecule has 1 saturated carbocycles. The maximum atomic E-state index is 6.38. The molecule has 3 atom stereocenters. The summed E-state index contributed by atoms with van der Waals surface area (Å²) in [5.74, 6) is 2.73. The lowest BCUT2D eigenvalue weighted by atomic mass is 9.79. The first kappa shape index (κ1) is 14.3. The van der Waals surface area contributed by atoms with E-state index in [1.54, 1.807) is 0 Å². The van der Waals surface area contributed by atoms with Crippen molar-refractivity contribution in [2.24, 2.45) is 23.5 Å². The van der Waals surface area contributed by atoms with Gasteiger partial charge in [0.25, 0.3) is 0 Å². The van der Waals surface area contributed by atoms with Crippen LogP contribution in [-0.2, 0) is 0 Å². The fraction of sp³-hybridized carbons (Fsp3) is 1.00. The van der Waals surface area contributed by atoms with E-state index in [2.05, 4.69) is 25.7 Å². The second-order valence-electron chi connectivity index (χ2n) is 6.94. The fourth-order valence-electron chi connectivity index (χ4n) is 3.96. The van der Waals surface area contributed by atoms with E-state index in [1.165, 1.54) is 51.6 Å². The van der Waals surface area contributed by atoms with Crippen LogP contribution >= 0.6 is 0 Å². The van der Waals surface area contributed by atoms with E-state index < -0.39 is 0 Å². The number of nitrogens with zero attached hydrogens (tertiary/aromatic N) is 1. The number of piperidine rings is 1. The van der Waals surface area contributed by atoms with Crippen LogP contribution in [0.1, 0.15) is 59.3 Å². The molecule has 0 aromatic rings. The first-order valence-corrected chi connectivity index (χ1v) is 8.11. The van der Waals surface area contributed by atoms with Gasteiger partial charge in [0, 0.05) is 12.1 Å². The van der Waals surface area contributed by atoms with Gasteiger partial charge in [-0.2, -0.15) is 0 Å². The summed E-state index contributed by atoms with van der Waals surface area (Å²) in [6.45, 7) is 9.67. The van der Waals surface area contributed by atoms with Gasteiger partial charge in [-0.1, -0.05) is 27.2 Å². The van der Waals surface area contributed by atoms with E-state index in [0.29, 0.717) is 12.1 Å². The van der Waals surface area contributed by atoms with Crippen LogP contribution < -0.4 is 5.73 Å². The van der Waals surface area contributed by atoms with Gasteiger partial charge in [-0.15, -0.1) is 0 Å². The van der Waals surface area contributed by atoms with Gasteiger partial charge in [-0.25, -0.2) is 0 Å². The zero-order valence-electron chi connectivity index (χ0n) is 12.6. The summed E-state index contributed by atoms with van der Waals surface area (Å²) in [5.41, 5.74) is 6.38. The van der Waals surface area contributed by atoms with E-state index >= 15 is 0 Å². The largest absolute Gasteiger partial charge is 0.326 e. The molecule has 2 rings (SSSR count). The van der Waals surface area contributed by atoms with E-state index in [4.69, 9.17) is 5.73 Å². The van der Waals surface area contributed by atoms with Crippen LogP contribution in [0, 0.1) is 17.8 Å². The lowest BCUT2D eigenvalue weighted by Crippen LogP contribution is -2.53. The maximum Gasteiger partial charge on any atom is 0.0249 e. The predicted molar refractivity (Wildman–Crippen MR) is 78.5 cm³/mol. The van der Waals surface area contributed by atoms with Gasteiger partial charge < -0.3 is 5.73 Å². The third-order valence-electron chi connectivity index (χ3n) is 5.54. The fourth-order valence-corrected chi connectivity index (χ4v) is 3.96. The standard InChI is InChI=1S/C16H32N2/c1-4-13-5-6-15(17)16(11-13)18-9-7-14(8-10-18)12(2)3/h12-16H,4-11,17H2,1-3H3. The molecule has 2 aliphatic rings. The van der Waals surface area contributed by atoms with Crippen molar-refractivity contribution < 1.29 is 0 Å². The van der Waals surface area contributed by atoms with Crippen LogP contribution in [-0.4, -0.2) is 30.1 Å². The molecular formula is C16H32N2. The average Bonchev–Trinajstić information content (AvgIpc) is 2.39. The highest BCUT2D eigenvalue weighted by Gasteiger charge is 2.33. The molecule has 1 aliphatic heterocycles. The molecular weight excluding hydrogens is 220 g/mol. The molecule has 0 amide bonds. The average molecular weight is 252 g/mol. The predicted octanol–water partition coefficient (Wildman–Crippen LogP) is 3.26. The lowest BCUT2D eigenvalue weighted by Gasteiger charge is -2.44. The molecule has 2 N–H and O–H groups in total. The Morgan fingerprint density at radius 1 is 1.11 bits per heavy atom. The van der Waals surface area contributed by atoms with Crippen molar-refractivity contribution in [2.45, 2.75) is 71.4 Å². The van der Waals surface area contributed by atoms with Crippen molar-refractivity contribution in [3.63, 3.8) is 0 Å². The number of rotatable bonds is 3. The number of likely N-dealkylation sites (tertiary alicyclic amines) is 1. The van der Waals surface area contributed by atoms with E-state index in [1.807, 2.05) is 0 Å². The zero-order valence-corrected chi connectivity index (χ0v) is 12.6. The van der Waals surface area contributed by atoms with E-state index in [-0.39, 0.29) is 0 Å². The molecule has 0 bridgehead atoms. The summed E-state index contributed by atoms with van der Waals surface area (Å²) >= 11 is 0. The van der Waals surface area contributed by atoms with Gasteiger partial charge in [0.15, 0.2) is 0 Å². The lowest BCUT2D eigenvalue weighted by molar-refractivity contribution is 0.0661. The molecule has 18 heavy (non-hydrogen) atoms. The van der Waals surface area contributed by atoms with Gasteiger partial charge in [-0.05, 0) is 62.9 Å². The SMILES string of the molecule is CCC1CCC(N)C(N2CCC(C(C)C)CC2)C1. The Morgan fingerprint density at radius 2 is 1.78 bits per heavy atom. The van der Waals surface area contributed by atoms with E-state index in [9.17, 15) is 0 Å². The van der Waals surface area contributed by atoms with Crippen LogP contribution in [0.5, 0.6) is 0 Å². The summed E-state index contributed by atoms with van der Waals surface area (Å²) in [4.78, 5) is 2.71. The normalized spacial score (nSPS) is 36.2. The van der Waals surface area contributed by atoms with Crippen molar-refractivity contribution in [3.05, 3.63) is 0 Å². The number of hydrogen-bond donors (Lipinski definition) is 1. The molecule has 2 fully saturated rings. The highest BCUT2D eigenvalue weighted by molar-refractivity contribution is 4.91. The molecule has 0 aromatic heterocycles. The number of nitrogens with two attached hydrogens (primary N) is 1. The third-order valence-corrected chi connectivity index (χ3v) is 5.54. The minimum absolute atomic E-state index is 0.434. The monoisotopic (exact) mass is 252 g/mol. The molecule has 106 valence electrons. The molecule has 3 unspecified atom stereocenters. The first-order chi connectivity index (χ1) is 8.61. The third kappa shape index (κ3) is 3.27. The van der Waals surface area contributed by atoms with Crippen LogP contribution in [0.2, 0.25) is 0 Å². The molecule has 0 aromatic carbocycles. The van der Waals surface area contributed by atoms with Crippen LogP contribution in [0.25, 0.3) is 0 Å².